The normalized spacial score (nSPS) is 15.0. The molecule has 3 rings (SSSR count). The van der Waals surface area contributed by atoms with Gasteiger partial charge in [0, 0.05) is 37.9 Å². The third-order valence-electron chi connectivity index (χ3n) is 4.20. The monoisotopic (exact) mass is 363 g/mol. The largest absolute Gasteiger partial charge is 0.416 e. The smallest absolute Gasteiger partial charge is 0.335 e. The molecule has 1 saturated heterocycles. The summed E-state index contributed by atoms with van der Waals surface area (Å²) in [6.07, 6.45) is -2.89. The Morgan fingerprint density at radius 1 is 0.846 bits per heavy atom. The molecular weight excluding hydrogens is 347 g/mol. The number of carbonyl (C=O) groups is 2. The van der Waals surface area contributed by atoms with E-state index in [2.05, 4.69) is 4.98 Å². The van der Waals surface area contributed by atoms with Gasteiger partial charge in [-0.05, 0) is 36.4 Å². The summed E-state index contributed by atoms with van der Waals surface area (Å²) in [5.74, 6) is -0.545. The number of carbonyl (C=O) groups excluding carboxylic acids is 2. The average Bonchev–Trinajstić information content (AvgIpc) is 2.67. The van der Waals surface area contributed by atoms with Gasteiger partial charge in [-0.2, -0.15) is 13.2 Å². The van der Waals surface area contributed by atoms with Crippen LogP contribution in [0.25, 0.3) is 0 Å². The van der Waals surface area contributed by atoms with Crippen molar-refractivity contribution >= 4 is 11.8 Å². The zero-order chi connectivity index (χ0) is 18.7. The van der Waals surface area contributed by atoms with Crippen LogP contribution < -0.4 is 0 Å². The fraction of sp³-hybridized carbons (Fsp3) is 0.278. The number of amides is 2. The van der Waals surface area contributed by atoms with Crippen LogP contribution in [0, 0.1) is 0 Å². The van der Waals surface area contributed by atoms with Crippen molar-refractivity contribution in [1.29, 1.82) is 0 Å². The lowest BCUT2D eigenvalue weighted by Crippen LogP contribution is -2.50. The minimum atomic E-state index is -4.43. The Labute approximate surface area is 148 Å². The molecule has 5 nitrogen and oxygen atoms in total. The first-order chi connectivity index (χ1) is 12.4. The highest BCUT2D eigenvalue weighted by Gasteiger charge is 2.31. The number of pyridine rings is 1. The molecule has 26 heavy (non-hydrogen) atoms. The van der Waals surface area contributed by atoms with E-state index < -0.39 is 11.7 Å². The minimum Gasteiger partial charge on any atom is -0.335 e. The van der Waals surface area contributed by atoms with Gasteiger partial charge in [0.15, 0.2) is 0 Å². The second-order valence-corrected chi connectivity index (χ2v) is 5.87. The third-order valence-corrected chi connectivity index (χ3v) is 4.20. The van der Waals surface area contributed by atoms with Gasteiger partial charge in [0.2, 0.25) is 0 Å². The number of hydrogen-bond donors (Lipinski definition) is 0. The summed E-state index contributed by atoms with van der Waals surface area (Å²) in [5.41, 5.74) is -0.252. The lowest BCUT2D eigenvalue weighted by Gasteiger charge is -2.34. The van der Waals surface area contributed by atoms with Gasteiger partial charge >= 0.3 is 6.18 Å². The Balaban J connectivity index is 1.61. The van der Waals surface area contributed by atoms with Crippen LogP contribution in [0.5, 0.6) is 0 Å². The lowest BCUT2D eigenvalue weighted by molar-refractivity contribution is -0.137. The van der Waals surface area contributed by atoms with E-state index in [-0.39, 0.29) is 17.4 Å². The quantitative estimate of drug-likeness (QED) is 0.824. The zero-order valence-corrected chi connectivity index (χ0v) is 13.7. The van der Waals surface area contributed by atoms with Crippen molar-refractivity contribution in [1.82, 2.24) is 14.8 Å². The molecule has 0 saturated carbocycles. The van der Waals surface area contributed by atoms with E-state index in [4.69, 9.17) is 0 Å². The third kappa shape index (κ3) is 3.84. The molecule has 1 aliphatic heterocycles. The van der Waals surface area contributed by atoms with Crippen LogP contribution in [0.15, 0.2) is 48.7 Å². The van der Waals surface area contributed by atoms with Crippen LogP contribution in [0.1, 0.15) is 26.4 Å². The zero-order valence-electron chi connectivity index (χ0n) is 13.7. The fourth-order valence-corrected chi connectivity index (χ4v) is 2.75. The van der Waals surface area contributed by atoms with E-state index >= 15 is 0 Å². The molecule has 2 aromatic rings. The molecule has 1 aromatic carbocycles. The van der Waals surface area contributed by atoms with Crippen LogP contribution in [0.2, 0.25) is 0 Å². The average molecular weight is 363 g/mol. The van der Waals surface area contributed by atoms with E-state index in [1.807, 2.05) is 0 Å². The molecule has 0 atom stereocenters. The Kier molecular flexibility index (Phi) is 4.92. The van der Waals surface area contributed by atoms with Gasteiger partial charge in [0.25, 0.3) is 11.8 Å². The Morgan fingerprint density at radius 2 is 1.42 bits per heavy atom. The SMILES string of the molecule is O=C(c1ccc(C(F)(F)F)cc1)N1CCN(C(=O)c2ccccn2)CC1. The number of benzene rings is 1. The lowest BCUT2D eigenvalue weighted by atomic mass is 10.1. The Hall–Kier alpha value is -2.90. The summed E-state index contributed by atoms with van der Waals surface area (Å²) in [5, 5.41) is 0. The van der Waals surface area contributed by atoms with Gasteiger partial charge in [-0.25, -0.2) is 0 Å². The first-order valence-corrected chi connectivity index (χ1v) is 8.03. The number of nitrogens with zero attached hydrogens (tertiary/aromatic N) is 3. The van der Waals surface area contributed by atoms with Gasteiger partial charge in [-0.1, -0.05) is 6.07 Å². The van der Waals surface area contributed by atoms with Crippen LogP contribution >= 0.6 is 0 Å². The molecule has 2 heterocycles. The second-order valence-electron chi connectivity index (χ2n) is 5.87. The van der Waals surface area contributed by atoms with Crippen LogP contribution in [0.3, 0.4) is 0 Å². The van der Waals surface area contributed by atoms with E-state index in [0.29, 0.717) is 31.9 Å². The molecule has 0 unspecified atom stereocenters. The maximum Gasteiger partial charge on any atom is 0.416 e. The van der Waals surface area contributed by atoms with Crippen molar-refractivity contribution in [2.75, 3.05) is 26.2 Å². The highest BCUT2D eigenvalue weighted by atomic mass is 19.4. The second kappa shape index (κ2) is 7.15. The van der Waals surface area contributed by atoms with Gasteiger partial charge in [-0.15, -0.1) is 0 Å². The number of aromatic nitrogens is 1. The predicted molar refractivity (Wildman–Crippen MR) is 87.5 cm³/mol. The van der Waals surface area contributed by atoms with E-state index in [1.54, 1.807) is 23.1 Å². The summed E-state index contributed by atoms with van der Waals surface area (Å²) in [6, 6.07) is 9.22. The number of piperazine rings is 1. The summed E-state index contributed by atoms with van der Waals surface area (Å²) in [4.78, 5) is 31.9. The number of hydrogen-bond acceptors (Lipinski definition) is 3. The van der Waals surface area contributed by atoms with Crippen LogP contribution in [0.4, 0.5) is 13.2 Å². The van der Waals surface area contributed by atoms with Crippen molar-refractivity contribution in [3.63, 3.8) is 0 Å². The number of alkyl halides is 3. The van der Waals surface area contributed by atoms with Crippen LogP contribution in [-0.2, 0) is 6.18 Å². The highest BCUT2D eigenvalue weighted by Crippen LogP contribution is 2.29. The predicted octanol–water partition coefficient (Wildman–Crippen LogP) is 2.70. The molecule has 2 amide bonds. The first-order valence-electron chi connectivity index (χ1n) is 8.03. The van der Waals surface area contributed by atoms with Crippen molar-refractivity contribution < 1.29 is 22.8 Å². The van der Waals surface area contributed by atoms with E-state index in [9.17, 15) is 22.8 Å². The molecule has 136 valence electrons. The molecule has 1 fully saturated rings. The summed E-state index contributed by atoms with van der Waals surface area (Å²) >= 11 is 0. The molecular formula is C18H16F3N3O2. The molecule has 0 bridgehead atoms. The van der Waals surface area contributed by atoms with Gasteiger partial charge in [0.05, 0.1) is 5.56 Å². The maximum absolute atomic E-state index is 12.6. The number of rotatable bonds is 2. The Morgan fingerprint density at radius 3 is 1.92 bits per heavy atom. The summed E-state index contributed by atoms with van der Waals surface area (Å²) < 4.78 is 37.8. The molecule has 0 N–H and O–H groups in total. The molecule has 0 aliphatic carbocycles. The fourth-order valence-electron chi connectivity index (χ4n) is 2.75. The highest BCUT2D eigenvalue weighted by molar-refractivity contribution is 5.95. The van der Waals surface area contributed by atoms with E-state index in [0.717, 1.165) is 12.1 Å². The maximum atomic E-state index is 12.6. The molecule has 1 aliphatic rings. The minimum absolute atomic E-state index is 0.197. The van der Waals surface area contributed by atoms with Crippen molar-refractivity contribution in [3.8, 4) is 0 Å². The Bertz CT molecular complexity index is 784. The van der Waals surface area contributed by atoms with Gasteiger partial charge in [-0.3, -0.25) is 14.6 Å². The first kappa shape index (κ1) is 17.9. The summed E-state index contributed by atoms with van der Waals surface area (Å²) in [7, 11) is 0. The molecule has 0 spiro atoms. The summed E-state index contributed by atoms with van der Waals surface area (Å²) in [6.45, 7) is 1.33. The van der Waals surface area contributed by atoms with Gasteiger partial charge in [0.1, 0.15) is 5.69 Å². The molecule has 0 radical (unpaired) electrons. The van der Waals surface area contributed by atoms with Crippen molar-refractivity contribution in [3.05, 3.63) is 65.5 Å². The molecule has 1 aromatic heterocycles. The van der Waals surface area contributed by atoms with Crippen molar-refractivity contribution in [2.24, 2.45) is 0 Å². The standard InChI is InChI=1S/C18H16F3N3O2/c19-18(20,21)14-6-4-13(5-7-14)16(25)23-9-11-24(12-10-23)17(26)15-3-1-2-8-22-15/h1-8H,9-12H2. The van der Waals surface area contributed by atoms with Crippen molar-refractivity contribution in [2.45, 2.75) is 6.18 Å². The number of halogens is 3. The van der Waals surface area contributed by atoms with E-state index in [1.165, 1.54) is 23.2 Å². The van der Waals surface area contributed by atoms with Gasteiger partial charge < -0.3 is 9.80 Å². The topological polar surface area (TPSA) is 53.5 Å². The van der Waals surface area contributed by atoms with Crippen LogP contribution in [-0.4, -0.2) is 52.8 Å². The molecule has 8 heteroatoms.